The topological polar surface area (TPSA) is 52.6 Å². The van der Waals surface area contributed by atoms with Gasteiger partial charge in [0.15, 0.2) is 0 Å². The molecule has 0 N–H and O–H groups in total. The molecule has 0 spiro atoms. The molecule has 0 atom stereocenters. The largest absolute Gasteiger partial charge is 0.354 e. The van der Waals surface area contributed by atoms with Crippen molar-refractivity contribution < 1.29 is 4.79 Å². The van der Waals surface area contributed by atoms with E-state index in [1.807, 2.05) is 0 Å². The van der Waals surface area contributed by atoms with Crippen LogP contribution in [0.5, 0.6) is 0 Å². The maximum Gasteiger partial charge on any atom is 0.226 e. The maximum atomic E-state index is 13.0. The van der Waals surface area contributed by atoms with Crippen LogP contribution in [0.3, 0.4) is 0 Å². The highest BCUT2D eigenvalue weighted by Crippen LogP contribution is 2.31. The van der Waals surface area contributed by atoms with Gasteiger partial charge in [0.05, 0.1) is 12.2 Å². The molecule has 2 saturated carbocycles. The van der Waals surface area contributed by atoms with Crippen LogP contribution < -0.4 is 4.90 Å². The second kappa shape index (κ2) is 7.97. The van der Waals surface area contributed by atoms with Gasteiger partial charge in [-0.3, -0.25) is 9.69 Å². The van der Waals surface area contributed by atoms with Crippen LogP contribution in [-0.2, 0) is 17.8 Å². The van der Waals surface area contributed by atoms with Crippen LogP contribution >= 0.6 is 0 Å². The van der Waals surface area contributed by atoms with Crippen molar-refractivity contribution in [1.29, 1.82) is 0 Å². The number of hydrogen-bond acceptors (Lipinski definition) is 5. The SMILES string of the molecule is O=C(C1CCCCC1)N1CCc2c(ncnc2N2CCN(C3CCC3)CC2)C1. The van der Waals surface area contributed by atoms with E-state index in [0.717, 1.165) is 69.5 Å². The number of rotatable bonds is 3. The van der Waals surface area contributed by atoms with Crippen molar-refractivity contribution in [1.82, 2.24) is 19.8 Å². The first-order chi connectivity index (χ1) is 13.8. The molecule has 0 radical (unpaired) electrons. The van der Waals surface area contributed by atoms with Crippen molar-refractivity contribution >= 4 is 11.7 Å². The fourth-order valence-electron chi connectivity index (χ4n) is 5.46. The predicted octanol–water partition coefficient (Wildman–Crippen LogP) is 2.62. The van der Waals surface area contributed by atoms with Crippen LogP contribution in [0.25, 0.3) is 0 Å². The lowest BCUT2D eigenvalue weighted by Crippen LogP contribution is -2.52. The van der Waals surface area contributed by atoms with Crippen LogP contribution in [0.4, 0.5) is 5.82 Å². The zero-order valence-electron chi connectivity index (χ0n) is 17.0. The van der Waals surface area contributed by atoms with Gasteiger partial charge < -0.3 is 9.80 Å². The Morgan fingerprint density at radius 2 is 1.68 bits per heavy atom. The molecule has 4 aliphatic rings. The highest BCUT2D eigenvalue weighted by molar-refractivity contribution is 5.79. The molecular weight excluding hydrogens is 350 g/mol. The number of carbonyl (C=O) groups is 1. The van der Waals surface area contributed by atoms with Crippen LogP contribution in [0.1, 0.15) is 62.6 Å². The van der Waals surface area contributed by atoms with Crippen molar-refractivity contribution in [3.8, 4) is 0 Å². The van der Waals surface area contributed by atoms with Crippen molar-refractivity contribution in [3.63, 3.8) is 0 Å². The van der Waals surface area contributed by atoms with Gasteiger partial charge in [-0.1, -0.05) is 25.7 Å². The second-order valence-electron chi connectivity index (χ2n) is 9.07. The van der Waals surface area contributed by atoms with Crippen LogP contribution in [0.15, 0.2) is 6.33 Å². The van der Waals surface area contributed by atoms with Crippen molar-refractivity contribution in [3.05, 3.63) is 17.6 Å². The summed E-state index contributed by atoms with van der Waals surface area (Å²) in [6.45, 7) is 5.91. The number of hydrogen-bond donors (Lipinski definition) is 0. The Bertz CT molecular complexity index is 705. The van der Waals surface area contributed by atoms with E-state index >= 15 is 0 Å². The first-order valence-corrected chi connectivity index (χ1v) is 11.4. The number of amides is 1. The Hall–Kier alpha value is -1.69. The van der Waals surface area contributed by atoms with Gasteiger partial charge in [-0.2, -0.15) is 0 Å². The van der Waals surface area contributed by atoms with E-state index in [2.05, 4.69) is 24.7 Å². The summed E-state index contributed by atoms with van der Waals surface area (Å²) in [7, 11) is 0. The molecule has 28 heavy (non-hydrogen) atoms. The molecule has 5 rings (SSSR count). The molecular formula is C22H33N5O. The van der Waals surface area contributed by atoms with E-state index in [9.17, 15) is 4.79 Å². The minimum absolute atomic E-state index is 0.246. The molecule has 3 fully saturated rings. The van der Waals surface area contributed by atoms with E-state index in [1.165, 1.54) is 44.1 Å². The molecule has 2 aliphatic heterocycles. The van der Waals surface area contributed by atoms with Gasteiger partial charge in [-0.25, -0.2) is 9.97 Å². The van der Waals surface area contributed by atoms with Crippen molar-refractivity contribution in [2.24, 2.45) is 5.92 Å². The lowest BCUT2D eigenvalue weighted by atomic mass is 9.87. The summed E-state index contributed by atoms with van der Waals surface area (Å²) in [5.41, 5.74) is 2.36. The summed E-state index contributed by atoms with van der Waals surface area (Å²) < 4.78 is 0. The third-order valence-corrected chi connectivity index (χ3v) is 7.46. The van der Waals surface area contributed by atoms with E-state index in [-0.39, 0.29) is 5.92 Å². The van der Waals surface area contributed by atoms with E-state index in [0.29, 0.717) is 12.5 Å². The van der Waals surface area contributed by atoms with Crippen LogP contribution in [-0.4, -0.2) is 64.4 Å². The summed E-state index contributed by atoms with van der Waals surface area (Å²) in [6, 6.07) is 0.834. The Morgan fingerprint density at radius 1 is 0.893 bits per heavy atom. The Labute approximate surface area is 168 Å². The van der Waals surface area contributed by atoms with Gasteiger partial charge in [0.1, 0.15) is 12.1 Å². The molecule has 1 aromatic rings. The van der Waals surface area contributed by atoms with Crippen molar-refractivity contribution in [2.75, 3.05) is 37.6 Å². The molecule has 152 valence electrons. The van der Waals surface area contributed by atoms with Gasteiger partial charge in [-0.05, 0) is 32.1 Å². The predicted molar refractivity (Wildman–Crippen MR) is 109 cm³/mol. The minimum Gasteiger partial charge on any atom is -0.354 e. The highest BCUT2D eigenvalue weighted by Gasteiger charge is 2.32. The number of carbonyl (C=O) groups excluding carboxylic acids is 1. The quantitative estimate of drug-likeness (QED) is 0.803. The molecule has 2 aliphatic carbocycles. The molecule has 3 heterocycles. The number of aromatic nitrogens is 2. The summed E-state index contributed by atoms with van der Waals surface area (Å²) in [4.78, 5) is 29.4. The summed E-state index contributed by atoms with van der Waals surface area (Å²) >= 11 is 0. The summed E-state index contributed by atoms with van der Waals surface area (Å²) in [5.74, 6) is 1.74. The minimum atomic E-state index is 0.246. The maximum absolute atomic E-state index is 13.0. The molecule has 1 saturated heterocycles. The Morgan fingerprint density at radius 3 is 2.39 bits per heavy atom. The molecule has 0 bridgehead atoms. The normalized spacial score (nSPS) is 24.7. The molecule has 1 amide bonds. The van der Waals surface area contributed by atoms with Gasteiger partial charge >= 0.3 is 0 Å². The van der Waals surface area contributed by atoms with Gasteiger partial charge in [-0.15, -0.1) is 0 Å². The van der Waals surface area contributed by atoms with Crippen LogP contribution in [0.2, 0.25) is 0 Å². The highest BCUT2D eigenvalue weighted by atomic mass is 16.2. The Balaban J connectivity index is 1.25. The lowest BCUT2D eigenvalue weighted by molar-refractivity contribution is -0.137. The first-order valence-electron chi connectivity index (χ1n) is 11.4. The molecule has 1 aromatic heterocycles. The van der Waals surface area contributed by atoms with Crippen molar-refractivity contribution in [2.45, 2.75) is 70.4 Å². The number of fused-ring (bicyclic) bond motifs is 1. The smallest absolute Gasteiger partial charge is 0.226 e. The molecule has 0 aromatic carbocycles. The second-order valence-corrected chi connectivity index (χ2v) is 9.07. The summed E-state index contributed by atoms with van der Waals surface area (Å²) in [5, 5.41) is 0. The third-order valence-electron chi connectivity index (χ3n) is 7.46. The van der Waals surface area contributed by atoms with E-state index < -0.39 is 0 Å². The lowest BCUT2D eigenvalue weighted by Gasteiger charge is -2.44. The summed E-state index contributed by atoms with van der Waals surface area (Å²) in [6.07, 6.45) is 12.6. The van der Waals surface area contributed by atoms with E-state index in [4.69, 9.17) is 0 Å². The number of nitrogens with zero attached hydrogens (tertiary/aromatic N) is 5. The molecule has 6 heteroatoms. The molecule has 6 nitrogen and oxygen atoms in total. The van der Waals surface area contributed by atoms with Gasteiger partial charge in [0.2, 0.25) is 5.91 Å². The fourth-order valence-corrected chi connectivity index (χ4v) is 5.46. The van der Waals surface area contributed by atoms with E-state index in [1.54, 1.807) is 6.33 Å². The number of piperazine rings is 1. The average molecular weight is 384 g/mol. The third kappa shape index (κ3) is 3.51. The monoisotopic (exact) mass is 383 g/mol. The zero-order chi connectivity index (χ0) is 18.9. The Kier molecular flexibility index (Phi) is 5.22. The fraction of sp³-hybridized carbons (Fsp3) is 0.773. The number of anilines is 1. The average Bonchev–Trinajstić information content (AvgIpc) is 2.72. The zero-order valence-corrected chi connectivity index (χ0v) is 17.0. The molecule has 0 unspecified atom stereocenters. The van der Waals surface area contributed by atoms with Gasteiger partial charge in [0, 0.05) is 50.2 Å². The van der Waals surface area contributed by atoms with Gasteiger partial charge in [0.25, 0.3) is 0 Å². The standard InChI is InChI=1S/C22H33N5O/c28-22(17-5-2-1-3-6-17)27-10-9-19-20(15-27)23-16-24-21(19)26-13-11-25(12-14-26)18-7-4-8-18/h16-18H,1-15H2. The first kappa shape index (κ1) is 18.3. The van der Waals surface area contributed by atoms with Crippen LogP contribution in [0, 0.1) is 5.92 Å².